The third-order valence-corrected chi connectivity index (χ3v) is 1.97. The average Bonchev–Trinajstić information content (AvgIpc) is 2.35. The number of hydrogen-bond acceptors (Lipinski definition) is 6. The molecule has 0 saturated heterocycles. The Morgan fingerprint density at radius 2 is 1.89 bits per heavy atom. The highest BCUT2D eigenvalue weighted by molar-refractivity contribution is 5.82. The van der Waals surface area contributed by atoms with Gasteiger partial charge in [0.05, 0.1) is 20.4 Å². The van der Waals surface area contributed by atoms with Crippen molar-refractivity contribution in [2.24, 2.45) is 5.16 Å². The molecule has 0 aromatic heterocycles. The summed E-state index contributed by atoms with van der Waals surface area (Å²) in [6.45, 7) is -0.525. The molecule has 1 rings (SSSR count). The second-order valence-electron chi connectivity index (χ2n) is 3.18. The fourth-order valence-electron chi connectivity index (χ4n) is 1.18. The Hall–Kier alpha value is -2.44. The van der Waals surface area contributed by atoms with Crippen LogP contribution in [0.5, 0.6) is 17.2 Å². The molecule has 0 aliphatic carbocycles. The molecule has 18 heavy (non-hydrogen) atoms. The molecule has 0 amide bonds. The second kappa shape index (κ2) is 6.33. The van der Waals surface area contributed by atoms with Gasteiger partial charge in [0.1, 0.15) is 0 Å². The van der Waals surface area contributed by atoms with Gasteiger partial charge in [0, 0.05) is 5.56 Å². The Bertz CT molecular complexity index is 432. The van der Waals surface area contributed by atoms with E-state index in [4.69, 9.17) is 14.6 Å². The van der Waals surface area contributed by atoms with Gasteiger partial charge < -0.3 is 24.5 Å². The topological polar surface area (TPSA) is 97.6 Å². The lowest BCUT2D eigenvalue weighted by molar-refractivity contribution is -0.142. The molecule has 7 nitrogen and oxygen atoms in total. The minimum absolute atomic E-state index is 0.122. The molecular formula is C11H13NO6. The standard InChI is InChI=1S/C11H13NO6/c1-16-8-3-7(4-9(17-2)11(8)15)5-12-18-6-10(13)14/h3-5,15H,6H2,1-2H3,(H,13,14)/b12-5-. The number of phenolic OH excluding ortho intramolecular Hbond substituents is 1. The van der Waals surface area contributed by atoms with Crippen molar-refractivity contribution in [3.8, 4) is 17.2 Å². The van der Waals surface area contributed by atoms with Gasteiger partial charge in [0.15, 0.2) is 11.5 Å². The van der Waals surface area contributed by atoms with Gasteiger partial charge >= 0.3 is 5.97 Å². The van der Waals surface area contributed by atoms with Crippen LogP contribution in [0.15, 0.2) is 17.3 Å². The van der Waals surface area contributed by atoms with E-state index in [1.807, 2.05) is 0 Å². The van der Waals surface area contributed by atoms with Crippen LogP contribution in [-0.2, 0) is 9.63 Å². The highest BCUT2D eigenvalue weighted by atomic mass is 16.6. The number of carboxylic acid groups (broad SMARTS) is 1. The fourth-order valence-corrected chi connectivity index (χ4v) is 1.18. The van der Waals surface area contributed by atoms with Crippen LogP contribution in [0.25, 0.3) is 0 Å². The molecule has 0 bridgehead atoms. The molecule has 0 radical (unpaired) electrons. The lowest BCUT2D eigenvalue weighted by atomic mass is 10.2. The number of ether oxygens (including phenoxy) is 2. The summed E-state index contributed by atoms with van der Waals surface area (Å²) in [7, 11) is 2.80. The van der Waals surface area contributed by atoms with Gasteiger partial charge in [0.2, 0.25) is 12.4 Å². The lowest BCUT2D eigenvalue weighted by Crippen LogP contribution is -2.03. The molecule has 1 aromatic rings. The van der Waals surface area contributed by atoms with E-state index in [9.17, 15) is 9.90 Å². The highest BCUT2D eigenvalue weighted by Crippen LogP contribution is 2.36. The summed E-state index contributed by atoms with van der Waals surface area (Å²) >= 11 is 0. The molecule has 98 valence electrons. The van der Waals surface area contributed by atoms with Gasteiger partial charge in [-0.25, -0.2) is 4.79 Å². The number of oxime groups is 1. The number of methoxy groups -OCH3 is 2. The number of aromatic hydroxyl groups is 1. The van der Waals surface area contributed by atoms with E-state index < -0.39 is 12.6 Å². The van der Waals surface area contributed by atoms with Gasteiger partial charge in [-0.2, -0.15) is 0 Å². The molecular weight excluding hydrogens is 242 g/mol. The number of rotatable bonds is 6. The van der Waals surface area contributed by atoms with Crippen molar-refractivity contribution >= 4 is 12.2 Å². The van der Waals surface area contributed by atoms with Crippen LogP contribution in [0.4, 0.5) is 0 Å². The molecule has 0 saturated carbocycles. The number of benzene rings is 1. The number of aliphatic carboxylic acids is 1. The molecule has 0 unspecified atom stereocenters. The van der Waals surface area contributed by atoms with Crippen LogP contribution in [0.1, 0.15) is 5.56 Å². The normalized spacial score (nSPS) is 10.3. The maximum Gasteiger partial charge on any atom is 0.344 e. The minimum Gasteiger partial charge on any atom is -0.502 e. The Kier molecular flexibility index (Phi) is 4.79. The van der Waals surface area contributed by atoms with Crippen LogP contribution in [0, 0.1) is 0 Å². The molecule has 0 aliphatic heterocycles. The lowest BCUT2D eigenvalue weighted by Gasteiger charge is -2.08. The average molecular weight is 255 g/mol. The number of phenols is 1. The van der Waals surface area contributed by atoms with Gasteiger partial charge in [-0.15, -0.1) is 0 Å². The van der Waals surface area contributed by atoms with Crippen LogP contribution < -0.4 is 9.47 Å². The van der Waals surface area contributed by atoms with E-state index in [2.05, 4.69) is 9.99 Å². The van der Waals surface area contributed by atoms with Gasteiger partial charge in [-0.3, -0.25) is 0 Å². The van der Waals surface area contributed by atoms with Crippen LogP contribution in [-0.4, -0.2) is 43.2 Å². The van der Waals surface area contributed by atoms with E-state index in [0.717, 1.165) is 0 Å². The third kappa shape index (κ3) is 3.55. The summed E-state index contributed by atoms with van der Waals surface area (Å²) in [6.07, 6.45) is 1.29. The number of nitrogens with zero attached hydrogens (tertiary/aromatic N) is 1. The van der Waals surface area contributed by atoms with Crippen molar-refractivity contribution in [3.63, 3.8) is 0 Å². The van der Waals surface area contributed by atoms with Crippen molar-refractivity contribution < 1.29 is 29.3 Å². The third-order valence-electron chi connectivity index (χ3n) is 1.97. The monoisotopic (exact) mass is 255 g/mol. The first kappa shape index (κ1) is 13.6. The van der Waals surface area contributed by atoms with E-state index in [0.29, 0.717) is 5.56 Å². The van der Waals surface area contributed by atoms with Crippen molar-refractivity contribution in [3.05, 3.63) is 17.7 Å². The largest absolute Gasteiger partial charge is 0.502 e. The molecule has 0 atom stereocenters. The highest BCUT2D eigenvalue weighted by Gasteiger charge is 2.10. The van der Waals surface area contributed by atoms with Crippen molar-refractivity contribution in [2.45, 2.75) is 0 Å². The fraction of sp³-hybridized carbons (Fsp3) is 0.273. The Labute approximate surface area is 103 Å². The molecule has 7 heteroatoms. The van der Waals surface area contributed by atoms with Gasteiger partial charge in [-0.05, 0) is 12.1 Å². The predicted octanol–water partition coefficient (Wildman–Crippen LogP) is 0.844. The van der Waals surface area contributed by atoms with E-state index in [1.54, 1.807) is 0 Å². The number of hydrogen-bond donors (Lipinski definition) is 2. The van der Waals surface area contributed by atoms with Crippen molar-refractivity contribution in [1.82, 2.24) is 0 Å². The summed E-state index contributed by atoms with van der Waals surface area (Å²) < 4.78 is 9.89. The first-order valence-electron chi connectivity index (χ1n) is 4.90. The van der Waals surface area contributed by atoms with Gasteiger partial charge in [0.25, 0.3) is 0 Å². The molecule has 0 heterocycles. The first-order chi connectivity index (χ1) is 8.58. The number of carboxylic acids is 1. The van der Waals surface area contributed by atoms with Crippen molar-refractivity contribution in [1.29, 1.82) is 0 Å². The van der Waals surface area contributed by atoms with E-state index in [1.165, 1.54) is 32.6 Å². The second-order valence-corrected chi connectivity index (χ2v) is 3.18. The predicted molar refractivity (Wildman–Crippen MR) is 62.4 cm³/mol. The minimum atomic E-state index is -1.12. The maximum atomic E-state index is 10.2. The zero-order valence-electron chi connectivity index (χ0n) is 9.91. The Morgan fingerprint density at radius 1 is 1.33 bits per heavy atom. The summed E-state index contributed by atoms with van der Waals surface area (Å²) in [5, 5.41) is 21.5. The van der Waals surface area contributed by atoms with Gasteiger partial charge in [-0.1, -0.05) is 5.16 Å². The van der Waals surface area contributed by atoms with E-state index in [-0.39, 0.29) is 17.2 Å². The van der Waals surface area contributed by atoms with Crippen LogP contribution in [0.3, 0.4) is 0 Å². The van der Waals surface area contributed by atoms with Crippen molar-refractivity contribution in [2.75, 3.05) is 20.8 Å². The van der Waals surface area contributed by atoms with Crippen LogP contribution >= 0.6 is 0 Å². The summed E-state index contributed by atoms with van der Waals surface area (Å²) in [5.41, 5.74) is 0.534. The zero-order chi connectivity index (χ0) is 13.5. The quantitative estimate of drug-likeness (QED) is 0.577. The maximum absolute atomic E-state index is 10.2. The van der Waals surface area contributed by atoms with Crippen LogP contribution in [0.2, 0.25) is 0 Å². The number of carbonyl (C=O) groups is 1. The molecule has 0 spiro atoms. The molecule has 2 N–H and O–H groups in total. The summed E-state index contributed by atoms with van der Waals surface area (Å²) in [5.74, 6) is -0.806. The summed E-state index contributed by atoms with van der Waals surface area (Å²) in [6, 6.07) is 3.01. The molecule has 1 aromatic carbocycles. The Balaban J connectivity index is 2.86. The molecule has 0 fully saturated rings. The van der Waals surface area contributed by atoms with E-state index >= 15 is 0 Å². The summed E-state index contributed by atoms with van der Waals surface area (Å²) in [4.78, 5) is 14.7. The smallest absolute Gasteiger partial charge is 0.344 e. The SMILES string of the molecule is COc1cc(/C=N\OCC(=O)O)cc(OC)c1O. The Morgan fingerprint density at radius 3 is 2.33 bits per heavy atom. The zero-order valence-corrected chi connectivity index (χ0v) is 9.91. The first-order valence-corrected chi connectivity index (χ1v) is 4.90. The molecule has 0 aliphatic rings.